The molecule has 0 saturated heterocycles. The van der Waals surface area contributed by atoms with Crippen molar-refractivity contribution < 1.29 is 13.2 Å². The second kappa shape index (κ2) is 6.98. The molecule has 0 saturated carbocycles. The molecule has 20 heavy (non-hydrogen) atoms. The minimum Gasteiger partial charge on any atom is -0.372 e. The predicted molar refractivity (Wildman–Crippen MR) is 82.6 cm³/mol. The van der Waals surface area contributed by atoms with E-state index in [1.54, 1.807) is 20.0 Å². The van der Waals surface area contributed by atoms with E-state index in [0.717, 1.165) is 5.01 Å². The Bertz CT molecular complexity index is 496. The van der Waals surface area contributed by atoms with Crippen LogP contribution < -0.4 is 4.72 Å². The maximum atomic E-state index is 12.1. The molecule has 7 heteroatoms. The summed E-state index contributed by atoms with van der Waals surface area (Å²) in [6.07, 6.45) is 1.72. The lowest BCUT2D eigenvalue weighted by atomic mass is 10.2. The Morgan fingerprint density at radius 3 is 2.55 bits per heavy atom. The number of rotatable bonds is 8. The Labute approximate surface area is 125 Å². The smallest absolute Gasteiger partial charge is 0.214 e. The highest BCUT2D eigenvalue weighted by Crippen LogP contribution is 2.18. The van der Waals surface area contributed by atoms with E-state index < -0.39 is 15.6 Å². The van der Waals surface area contributed by atoms with Gasteiger partial charge in [-0.05, 0) is 27.7 Å². The average Bonchev–Trinajstić information content (AvgIpc) is 2.75. The Morgan fingerprint density at radius 2 is 2.05 bits per heavy atom. The molecule has 0 aliphatic heterocycles. The highest BCUT2D eigenvalue weighted by atomic mass is 32.2. The van der Waals surface area contributed by atoms with Crippen LogP contribution >= 0.6 is 11.3 Å². The maximum absolute atomic E-state index is 12.1. The third-order valence-corrected chi connectivity index (χ3v) is 5.26. The number of nitrogens with zero attached hydrogens (tertiary/aromatic N) is 1. The van der Waals surface area contributed by atoms with E-state index in [1.165, 1.54) is 11.3 Å². The molecule has 0 radical (unpaired) electrons. The minimum absolute atomic E-state index is 0.00515. The van der Waals surface area contributed by atoms with Crippen LogP contribution in [0, 0.1) is 0 Å². The fourth-order valence-electron chi connectivity index (χ4n) is 2.00. The van der Waals surface area contributed by atoms with Gasteiger partial charge < -0.3 is 4.74 Å². The van der Waals surface area contributed by atoms with Gasteiger partial charge in [-0.2, -0.15) is 0 Å². The van der Waals surface area contributed by atoms with E-state index in [-0.39, 0.29) is 17.8 Å². The Morgan fingerprint density at radius 1 is 1.40 bits per heavy atom. The van der Waals surface area contributed by atoms with Crippen LogP contribution in [0.5, 0.6) is 0 Å². The molecule has 0 spiro atoms. The van der Waals surface area contributed by atoms with E-state index in [9.17, 15) is 8.42 Å². The molecular weight excluding hydrogens is 296 g/mol. The third kappa shape index (κ3) is 6.30. The van der Waals surface area contributed by atoms with Crippen LogP contribution in [0.2, 0.25) is 0 Å². The van der Waals surface area contributed by atoms with Crippen molar-refractivity contribution in [3.05, 3.63) is 16.6 Å². The first-order chi connectivity index (χ1) is 9.11. The van der Waals surface area contributed by atoms with Gasteiger partial charge in [0.2, 0.25) is 10.0 Å². The zero-order valence-corrected chi connectivity index (χ0v) is 14.3. The summed E-state index contributed by atoms with van der Waals surface area (Å²) in [4.78, 5) is 4.19. The molecule has 1 atom stereocenters. The highest BCUT2D eigenvalue weighted by Gasteiger charge is 2.28. The Balaban J connectivity index is 2.53. The van der Waals surface area contributed by atoms with Gasteiger partial charge in [0.05, 0.1) is 22.5 Å². The van der Waals surface area contributed by atoms with Gasteiger partial charge in [-0.1, -0.05) is 6.92 Å². The van der Waals surface area contributed by atoms with Crippen LogP contribution in [-0.4, -0.2) is 37.4 Å². The fourth-order valence-corrected chi connectivity index (χ4v) is 4.29. The van der Waals surface area contributed by atoms with Crippen molar-refractivity contribution in [2.24, 2.45) is 0 Å². The van der Waals surface area contributed by atoms with Crippen molar-refractivity contribution in [1.29, 1.82) is 0 Å². The molecule has 1 aromatic rings. The molecule has 1 heterocycles. The molecule has 0 aliphatic carbocycles. The van der Waals surface area contributed by atoms with Crippen LogP contribution in [0.1, 0.15) is 45.5 Å². The molecule has 0 bridgehead atoms. The summed E-state index contributed by atoms with van der Waals surface area (Å²) < 4.78 is 32.4. The second-order valence-corrected chi connectivity index (χ2v) is 8.54. The predicted octanol–water partition coefficient (Wildman–Crippen LogP) is 2.37. The lowest BCUT2D eigenvalue weighted by Crippen LogP contribution is -2.41. The van der Waals surface area contributed by atoms with E-state index in [1.807, 2.05) is 26.2 Å². The fraction of sp³-hybridized carbons (Fsp3) is 0.769. The number of nitrogens with one attached hydrogen (secondary N) is 1. The van der Waals surface area contributed by atoms with E-state index in [4.69, 9.17) is 4.74 Å². The summed E-state index contributed by atoms with van der Waals surface area (Å²) in [7, 11) is -3.37. The monoisotopic (exact) mass is 320 g/mol. The van der Waals surface area contributed by atoms with Crippen LogP contribution in [0.15, 0.2) is 11.6 Å². The SMILES string of the molecule is CC(C)OC(C)(C)CS(=O)(=O)NCC(C)c1nccs1. The van der Waals surface area contributed by atoms with E-state index >= 15 is 0 Å². The van der Waals surface area contributed by atoms with Crippen LogP contribution in [0.3, 0.4) is 0 Å². The first-order valence-electron chi connectivity index (χ1n) is 6.66. The van der Waals surface area contributed by atoms with E-state index in [0.29, 0.717) is 6.54 Å². The number of thiazole rings is 1. The summed E-state index contributed by atoms with van der Waals surface area (Å²) in [5, 5.41) is 2.82. The van der Waals surface area contributed by atoms with Gasteiger partial charge >= 0.3 is 0 Å². The van der Waals surface area contributed by atoms with Crippen LogP contribution in [0.25, 0.3) is 0 Å². The molecule has 0 aliphatic rings. The normalized spacial score (nSPS) is 14.7. The minimum atomic E-state index is -3.37. The topological polar surface area (TPSA) is 68.3 Å². The quantitative estimate of drug-likeness (QED) is 0.798. The van der Waals surface area contributed by atoms with Crippen molar-refractivity contribution in [1.82, 2.24) is 9.71 Å². The molecule has 0 fully saturated rings. The zero-order valence-electron chi connectivity index (χ0n) is 12.7. The highest BCUT2D eigenvalue weighted by molar-refractivity contribution is 7.89. The summed E-state index contributed by atoms with van der Waals surface area (Å²) in [6.45, 7) is 9.68. The molecule has 0 amide bonds. The molecule has 1 rings (SSSR count). The van der Waals surface area contributed by atoms with Crippen molar-refractivity contribution in [2.75, 3.05) is 12.3 Å². The van der Waals surface area contributed by atoms with Crippen molar-refractivity contribution in [2.45, 2.75) is 52.2 Å². The number of hydrogen-bond acceptors (Lipinski definition) is 5. The number of aromatic nitrogens is 1. The first-order valence-corrected chi connectivity index (χ1v) is 9.19. The summed E-state index contributed by atoms with van der Waals surface area (Å²) in [6, 6.07) is 0. The maximum Gasteiger partial charge on any atom is 0.214 e. The van der Waals surface area contributed by atoms with Gasteiger partial charge in [0.15, 0.2) is 0 Å². The number of hydrogen-bond donors (Lipinski definition) is 1. The summed E-state index contributed by atoms with van der Waals surface area (Å²) in [5.41, 5.74) is -0.704. The largest absolute Gasteiger partial charge is 0.372 e. The van der Waals surface area contributed by atoms with Crippen molar-refractivity contribution in [3.63, 3.8) is 0 Å². The molecule has 1 N–H and O–H groups in total. The number of sulfonamides is 1. The lowest BCUT2D eigenvalue weighted by molar-refractivity contribution is -0.0402. The molecule has 0 aromatic carbocycles. The van der Waals surface area contributed by atoms with Crippen LogP contribution in [-0.2, 0) is 14.8 Å². The van der Waals surface area contributed by atoms with Gasteiger partial charge in [-0.25, -0.2) is 18.1 Å². The van der Waals surface area contributed by atoms with Gasteiger partial charge in [0, 0.05) is 24.0 Å². The first kappa shape index (κ1) is 17.6. The van der Waals surface area contributed by atoms with Gasteiger partial charge in [0.25, 0.3) is 0 Å². The third-order valence-electron chi connectivity index (χ3n) is 2.57. The standard InChI is InChI=1S/C13H24N2O3S2/c1-10(2)18-13(4,5)9-20(16,17)15-8-11(3)12-14-6-7-19-12/h6-7,10-11,15H,8-9H2,1-5H3. The summed E-state index contributed by atoms with van der Waals surface area (Å²) in [5.74, 6) is 0.0156. The molecule has 5 nitrogen and oxygen atoms in total. The zero-order chi connectivity index (χ0) is 15.4. The average molecular weight is 320 g/mol. The molecule has 1 unspecified atom stereocenters. The van der Waals surface area contributed by atoms with Crippen molar-refractivity contribution in [3.8, 4) is 0 Å². The van der Waals surface area contributed by atoms with E-state index in [2.05, 4.69) is 9.71 Å². The second-order valence-electron chi connectivity index (χ2n) is 5.81. The molecular formula is C13H24N2O3S2. The van der Waals surface area contributed by atoms with Crippen molar-refractivity contribution >= 4 is 21.4 Å². The van der Waals surface area contributed by atoms with Gasteiger partial charge in [0.1, 0.15) is 0 Å². The molecule has 116 valence electrons. The Kier molecular flexibility index (Phi) is 6.12. The van der Waals surface area contributed by atoms with Gasteiger partial charge in [-0.15, -0.1) is 11.3 Å². The lowest BCUT2D eigenvalue weighted by Gasteiger charge is -2.27. The van der Waals surface area contributed by atoms with Gasteiger partial charge in [-0.3, -0.25) is 0 Å². The molecule has 1 aromatic heterocycles. The summed E-state index contributed by atoms with van der Waals surface area (Å²) >= 11 is 1.53. The number of ether oxygens (including phenoxy) is 1. The van der Waals surface area contributed by atoms with Crippen LogP contribution in [0.4, 0.5) is 0 Å². The Hall–Kier alpha value is -0.500.